The smallest absolute Gasteiger partial charge is 0.435 e. The quantitative estimate of drug-likeness (QED) is 0.493. The number of fused-ring (bicyclic) bond motifs is 3. The number of hydrogen-bond donors (Lipinski definition) is 0. The third kappa shape index (κ3) is 5.47. The first-order valence-corrected chi connectivity index (χ1v) is 11.7. The second-order valence-corrected chi connectivity index (χ2v) is 9.75. The van der Waals surface area contributed by atoms with E-state index in [1.807, 2.05) is 20.8 Å². The molecule has 0 spiro atoms. The molecule has 2 aromatic heterocycles. The van der Waals surface area contributed by atoms with Gasteiger partial charge in [0, 0.05) is 55.8 Å². The summed E-state index contributed by atoms with van der Waals surface area (Å²) in [6.07, 6.45) is -3.02. The van der Waals surface area contributed by atoms with Gasteiger partial charge in [-0.25, -0.2) is 9.78 Å². The number of rotatable bonds is 5. The number of aromatic nitrogens is 2. The topological polar surface area (TPSA) is 59.8 Å². The molecule has 0 saturated carbocycles. The number of aryl methyl sites for hydroxylation is 1. The van der Waals surface area contributed by atoms with Crippen molar-refractivity contribution in [2.24, 2.45) is 0 Å². The lowest BCUT2D eigenvalue weighted by Crippen LogP contribution is -2.50. The van der Waals surface area contributed by atoms with E-state index in [9.17, 15) is 18.0 Å². The summed E-state index contributed by atoms with van der Waals surface area (Å²) in [6.45, 7) is 9.11. The Labute approximate surface area is 202 Å². The molecule has 0 unspecified atom stereocenters. The zero-order valence-corrected chi connectivity index (χ0v) is 20.5. The van der Waals surface area contributed by atoms with E-state index in [1.165, 1.54) is 13.3 Å². The first kappa shape index (κ1) is 25.1. The predicted molar refractivity (Wildman–Crippen MR) is 128 cm³/mol. The zero-order valence-electron chi connectivity index (χ0n) is 20.5. The predicted octanol–water partition coefficient (Wildman–Crippen LogP) is 5.16. The number of carbonyl (C=O) groups excluding carboxylic acids is 1. The highest BCUT2D eigenvalue weighted by molar-refractivity contribution is 6.09. The van der Waals surface area contributed by atoms with Crippen LogP contribution in [0.15, 0.2) is 30.5 Å². The number of hydrogen-bond acceptors (Lipinski definition) is 5. The summed E-state index contributed by atoms with van der Waals surface area (Å²) in [4.78, 5) is 19.9. The van der Waals surface area contributed by atoms with Gasteiger partial charge in [-0.3, -0.25) is 4.90 Å². The van der Waals surface area contributed by atoms with Crippen molar-refractivity contribution in [3.63, 3.8) is 0 Å². The van der Waals surface area contributed by atoms with Gasteiger partial charge in [-0.15, -0.1) is 0 Å². The van der Waals surface area contributed by atoms with Crippen LogP contribution in [0.25, 0.3) is 21.8 Å². The van der Waals surface area contributed by atoms with Crippen LogP contribution in [-0.4, -0.2) is 70.9 Å². The van der Waals surface area contributed by atoms with Gasteiger partial charge in [-0.05, 0) is 51.9 Å². The summed E-state index contributed by atoms with van der Waals surface area (Å²) in [5, 5.41) is 1.26. The second kappa shape index (κ2) is 9.56. The van der Waals surface area contributed by atoms with Crippen molar-refractivity contribution in [2.75, 3.05) is 39.8 Å². The molecule has 190 valence electrons. The first-order valence-electron chi connectivity index (χ1n) is 11.7. The van der Waals surface area contributed by atoms with Crippen molar-refractivity contribution in [3.8, 4) is 5.75 Å². The van der Waals surface area contributed by atoms with E-state index in [0.717, 1.165) is 5.39 Å². The molecule has 1 amide bonds. The lowest BCUT2D eigenvalue weighted by molar-refractivity contribution is -0.140. The zero-order chi connectivity index (χ0) is 25.4. The maximum Gasteiger partial charge on any atom is 0.435 e. The van der Waals surface area contributed by atoms with Gasteiger partial charge in [0.15, 0.2) is 5.69 Å². The summed E-state index contributed by atoms with van der Waals surface area (Å²) in [7, 11) is 1.54. The number of benzene rings is 1. The lowest BCUT2D eigenvalue weighted by Gasteiger charge is -2.35. The number of carbonyl (C=O) groups is 1. The van der Waals surface area contributed by atoms with Crippen LogP contribution >= 0.6 is 0 Å². The number of ether oxygens (including phenoxy) is 2. The molecule has 0 radical (unpaired) electrons. The van der Waals surface area contributed by atoms with Crippen LogP contribution in [-0.2, 0) is 17.5 Å². The number of nitrogens with zero attached hydrogens (tertiary/aromatic N) is 4. The standard InChI is InChI=1S/C25H31F3N4O3/c1-24(2,3)35-23(33)31-14-12-30(13-15-31)10-5-11-32-20-16-17(34-4)6-7-18(20)19-8-9-29-22(21(19)32)25(26,27)28/h6-9,16H,5,10-15H2,1-4H3. The van der Waals surface area contributed by atoms with E-state index in [2.05, 4.69) is 9.88 Å². The van der Waals surface area contributed by atoms with Gasteiger partial charge >= 0.3 is 12.3 Å². The molecule has 0 aliphatic carbocycles. The maximum absolute atomic E-state index is 13.8. The Morgan fingerprint density at radius 2 is 1.74 bits per heavy atom. The number of piperazine rings is 1. The average molecular weight is 493 g/mol. The van der Waals surface area contributed by atoms with E-state index in [-0.39, 0.29) is 11.6 Å². The molecule has 0 bridgehead atoms. The summed E-state index contributed by atoms with van der Waals surface area (Å²) in [5.41, 5.74) is -0.634. The molecule has 1 aliphatic heterocycles. The van der Waals surface area contributed by atoms with Gasteiger partial charge < -0.3 is 18.9 Å². The molecule has 10 heteroatoms. The largest absolute Gasteiger partial charge is 0.497 e. The Bertz CT molecular complexity index is 1210. The first-order chi connectivity index (χ1) is 16.5. The van der Waals surface area contributed by atoms with Crippen LogP contribution in [0.4, 0.5) is 18.0 Å². The molecular weight excluding hydrogens is 461 g/mol. The number of halogens is 3. The maximum atomic E-state index is 13.8. The normalized spacial score (nSPS) is 15.7. The highest BCUT2D eigenvalue weighted by Crippen LogP contribution is 2.38. The fourth-order valence-corrected chi connectivity index (χ4v) is 4.53. The minimum absolute atomic E-state index is 0.0954. The third-order valence-corrected chi connectivity index (χ3v) is 6.13. The molecule has 0 atom stereocenters. The molecule has 4 rings (SSSR count). The number of pyridine rings is 1. The Kier molecular flexibility index (Phi) is 6.86. The highest BCUT2D eigenvalue weighted by atomic mass is 19.4. The van der Waals surface area contributed by atoms with Crippen LogP contribution in [0.5, 0.6) is 5.75 Å². The SMILES string of the molecule is COc1ccc2c3ccnc(C(F)(F)F)c3n(CCCN3CCN(C(=O)OC(C)(C)C)CC3)c2c1. The van der Waals surface area contributed by atoms with Crippen LogP contribution in [0.1, 0.15) is 32.9 Å². The van der Waals surface area contributed by atoms with Crippen molar-refractivity contribution >= 4 is 27.9 Å². The minimum atomic E-state index is -4.56. The summed E-state index contributed by atoms with van der Waals surface area (Å²) >= 11 is 0. The fraction of sp³-hybridized carbons (Fsp3) is 0.520. The molecule has 1 aliphatic rings. The molecule has 1 fully saturated rings. The van der Waals surface area contributed by atoms with Crippen LogP contribution in [0.3, 0.4) is 0 Å². The van der Waals surface area contributed by atoms with E-state index < -0.39 is 17.5 Å². The molecule has 3 heterocycles. The Hall–Kier alpha value is -3.01. The van der Waals surface area contributed by atoms with Crippen molar-refractivity contribution in [1.82, 2.24) is 19.4 Å². The van der Waals surface area contributed by atoms with E-state index >= 15 is 0 Å². The van der Waals surface area contributed by atoms with Crippen molar-refractivity contribution in [2.45, 2.75) is 45.5 Å². The van der Waals surface area contributed by atoms with Crippen LogP contribution < -0.4 is 4.74 Å². The Balaban J connectivity index is 1.51. The molecule has 1 aromatic carbocycles. The Morgan fingerprint density at radius 3 is 2.37 bits per heavy atom. The van der Waals surface area contributed by atoms with Gasteiger partial charge in [0.05, 0.1) is 18.1 Å². The van der Waals surface area contributed by atoms with E-state index in [4.69, 9.17) is 9.47 Å². The molecule has 0 N–H and O–H groups in total. The molecule has 35 heavy (non-hydrogen) atoms. The number of methoxy groups -OCH3 is 1. The van der Waals surface area contributed by atoms with Gasteiger partial charge in [0.25, 0.3) is 0 Å². The summed E-state index contributed by atoms with van der Waals surface area (Å²) in [6, 6.07) is 6.95. The van der Waals surface area contributed by atoms with Crippen molar-refractivity contribution in [3.05, 3.63) is 36.2 Å². The van der Waals surface area contributed by atoms with Crippen molar-refractivity contribution < 1.29 is 27.4 Å². The third-order valence-electron chi connectivity index (χ3n) is 6.13. The molecule has 1 saturated heterocycles. The average Bonchev–Trinajstić information content (AvgIpc) is 3.10. The van der Waals surface area contributed by atoms with Gasteiger partial charge in [-0.2, -0.15) is 13.2 Å². The van der Waals surface area contributed by atoms with Crippen LogP contribution in [0, 0.1) is 0 Å². The van der Waals surface area contributed by atoms with E-state index in [0.29, 0.717) is 62.3 Å². The van der Waals surface area contributed by atoms with Gasteiger partial charge in [0.1, 0.15) is 11.4 Å². The lowest BCUT2D eigenvalue weighted by atomic mass is 10.1. The van der Waals surface area contributed by atoms with Crippen LogP contribution in [0.2, 0.25) is 0 Å². The van der Waals surface area contributed by atoms with E-state index in [1.54, 1.807) is 33.7 Å². The number of amides is 1. The molecular formula is C25H31F3N4O3. The second-order valence-electron chi connectivity index (χ2n) is 9.75. The summed E-state index contributed by atoms with van der Waals surface area (Å²) < 4.78 is 54.0. The molecule has 3 aromatic rings. The Morgan fingerprint density at radius 1 is 1.03 bits per heavy atom. The van der Waals surface area contributed by atoms with Crippen molar-refractivity contribution in [1.29, 1.82) is 0 Å². The van der Waals surface area contributed by atoms with Gasteiger partial charge in [0.2, 0.25) is 0 Å². The minimum Gasteiger partial charge on any atom is -0.497 e. The highest BCUT2D eigenvalue weighted by Gasteiger charge is 2.36. The number of alkyl halides is 3. The monoisotopic (exact) mass is 492 g/mol. The fourth-order valence-electron chi connectivity index (χ4n) is 4.53. The summed E-state index contributed by atoms with van der Waals surface area (Å²) in [5.74, 6) is 0.585. The molecule has 7 nitrogen and oxygen atoms in total. The van der Waals surface area contributed by atoms with Gasteiger partial charge in [-0.1, -0.05) is 0 Å².